The summed E-state index contributed by atoms with van der Waals surface area (Å²) in [6, 6.07) is 0. The quantitative estimate of drug-likeness (QED) is 0.840. The maximum absolute atomic E-state index is 12.4. The molecule has 2 aliphatic heterocycles. The Kier molecular flexibility index (Phi) is 6.03. The predicted octanol–water partition coefficient (Wildman–Crippen LogP) is 1.82. The smallest absolute Gasteiger partial charge is 0.308 e. The molecule has 0 aromatic rings. The fourth-order valence-corrected chi connectivity index (χ4v) is 3.64. The summed E-state index contributed by atoms with van der Waals surface area (Å²) >= 11 is 0. The molecule has 0 aromatic carbocycles. The number of carbonyl (C=O) groups excluding carboxylic acids is 1. The Hall–Kier alpha value is -1.10. The van der Waals surface area contributed by atoms with Crippen molar-refractivity contribution in [2.24, 2.45) is 11.8 Å². The third kappa shape index (κ3) is 4.43. The van der Waals surface area contributed by atoms with Crippen molar-refractivity contribution in [2.75, 3.05) is 32.7 Å². The minimum absolute atomic E-state index is 0.179. The highest BCUT2D eigenvalue weighted by molar-refractivity contribution is 5.78. The van der Waals surface area contributed by atoms with Crippen LogP contribution in [0.15, 0.2) is 0 Å². The van der Waals surface area contributed by atoms with Crippen molar-refractivity contribution in [3.8, 4) is 0 Å². The van der Waals surface area contributed by atoms with Gasteiger partial charge in [-0.3, -0.25) is 14.5 Å². The maximum atomic E-state index is 12.4. The Morgan fingerprint density at radius 2 is 1.76 bits per heavy atom. The number of likely N-dealkylation sites (tertiary alicyclic amines) is 2. The topological polar surface area (TPSA) is 60.9 Å². The standard InChI is InChI=1S/C16H28N2O3/c1-2-7-13-10-17(11-14(13)16(20)21)12-15(19)18-8-5-3-4-6-9-18/h13-14H,2-12H2,1H3,(H,20,21)/t13-,14-/m1/s1. The number of carboxylic acids is 1. The van der Waals surface area contributed by atoms with Crippen molar-refractivity contribution in [1.82, 2.24) is 9.80 Å². The van der Waals surface area contributed by atoms with Gasteiger partial charge in [-0.05, 0) is 25.2 Å². The lowest BCUT2D eigenvalue weighted by molar-refractivity contribution is -0.143. The number of hydrogen-bond acceptors (Lipinski definition) is 3. The van der Waals surface area contributed by atoms with Crippen molar-refractivity contribution in [1.29, 1.82) is 0 Å². The Morgan fingerprint density at radius 1 is 1.10 bits per heavy atom. The molecule has 0 spiro atoms. The molecule has 0 unspecified atom stereocenters. The Morgan fingerprint density at radius 3 is 2.33 bits per heavy atom. The van der Waals surface area contributed by atoms with Gasteiger partial charge in [-0.2, -0.15) is 0 Å². The lowest BCUT2D eigenvalue weighted by Crippen LogP contribution is -2.40. The molecule has 0 bridgehead atoms. The molecule has 1 N–H and O–H groups in total. The fourth-order valence-electron chi connectivity index (χ4n) is 3.64. The Labute approximate surface area is 127 Å². The molecule has 1 amide bonds. The molecule has 0 saturated carbocycles. The van der Waals surface area contributed by atoms with Crippen molar-refractivity contribution < 1.29 is 14.7 Å². The molecule has 2 saturated heterocycles. The zero-order valence-corrected chi connectivity index (χ0v) is 13.1. The minimum atomic E-state index is -0.710. The first-order valence-electron chi connectivity index (χ1n) is 8.34. The van der Waals surface area contributed by atoms with Crippen molar-refractivity contribution in [3.63, 3.8) is 0 Å². The molecule has 5 nitrogen and oxygen atoms in total. The van der Waals surface area contributed by atoms with E-state index < -0.39 is 5.97 Å². The third-order valence-electron chi connectivity index (χ3n) is 4.81. The van der Waals surface area contributed by atoms with Gasteiger partial charge in [-0.15, -0.1) is 0 Å². The second-order valence-corrected chi connectivity index (χ2v) is 6.48. The Bertz CT molecular complexity index is 365. The summed E-state index contributed by atoms with van der Waals surface area (Å²) in [5.41, 5.74) is 0. The summed E-state index contributed by atoms with van der Waals surface area (Å²) < 4.78 is 0. The summed E-state index contributed by atoms with van der Waals surface area (Å²) in [5, 5.41) is 9.33. The van der Waals surface area contributed by atoms with E-state index in [1.165, 1.54) is 12.8 Å². The van der Waals surface area contributed by atoms with Gasteiger partial charge >= 0.3 is 5.97 Å². The predicted molar refractivity (Wildman–Crippen MR) is 81.0 cm³/mol. The minimum Gasteiger partial charge on any atom is -0.481 e. The van der Waals surface area contributed by atoms with Crippen molar-refractivity contribution in [3.05, 3.63) is 0 Å². The highest BCUT2D eigenvalue weighted by Gasteiger charge is 2.37. The van der Waals surface area contributed by atoms with Crippen LogP contribution in [0.3, 0.4) is 0 Å². The van der Waals surface area contributed by atoms with Crippen LogP contribution in [0.1, 0.15) is 45.4 Å². The van der Waals surface area contributed by atoms with Crippen LogP contribution >= 0.6 is 0 Å². The number of amides is 1. The largest absolute Gasteiger partial charge is 0.481 e. The van der Waals surface area contributed by atoms with Gasteiger partial charge in [0.15, 0.2) is 0 Å². The van der Waals surface area contributed by atoms with E-state index in [2.05, 4.69) is 6.92 Å². The van der Waals surface area contributed by atoms with E-state index in [0.29, 0.717) is 13.1 Å². The van der Waals surface area contributed by atoms with Crippen LogP contribution in [0.4, 0.5) is 0 Å². The second kappa shape index (κ2) is 7.78. The van der Waals surface area contributed by atoms with Gasteiger partial charge in [-0.25, -0.2) is 0 Å². The molecule has 120 valence electrons. The van der Waals surface area contributed by atoms with Crippen LogP contribution in [0, 0.1) is 11.8 Å². The molecule has 5 heteroatoms. The van der Waals surface area contributed by atoms with E-state index in [0.717, 1.165) is 45.3 Å². The molecule has 2 rings (SSSR count). The van der Waals surface area contributed by atoms with Crippen molar-refractivity contribution >= 4 is 11.9 Å². The molecule has 2 atom stereocenters. The summed E-state index contributed by atoms with van der Waals surface area (Å²) in [4.78, 5) is 27.7. The summed E-state index contributed by atoms with van der Waals surface area (Å²) in [6.45, 7) is 5.50. The zero-order chi connectivity index (χ0) is 15.2. The highest BCUT2D eigenvalue weighted by Crippen LogP contribution is 2.27. The molecule has 2 aliphatic rings. The number of hydrogen-bond donors (Lipinski definition) is 1. The van der Waals surface area contributed by atoms with Crippen LogP contribution in [-0.2, 0) is 9.59 Å². The van der Waals surface area contributed by atoms with Gasteiger partial charge in [0.25, 0.3) is 0 Å². The van der Waals surface area contributed by atoms with Crippen LogP contribution in [0.5, 0.6) is 0 Å². The van der Waals surface area contributed by atoms with E-state index in [9.17, 15) is 14.7 Å². The van der Waals surface area contributed by atoms with Gasteiger partial charge < -0.3 is 10.0 Å². The number of carboxylic acid groups (broad SMARTS) is 1. The molecular formula is C16H28N2O3. The summed E-state index contributed by atoms with van der Waals surface area (Å²) in [6.07, 6.45) is 6.57. The van der Waals surface area contributed by atoms with Crippen LogP contribution in [-0.4, -0.2) is 59.5 Å². The molecule has 21 heavy (non-hydrogen) atoms. The lowest BCUT2D eigenvalue weighted by atomic mass is 9.92. The van der Waals surface area contributed by atoms with Crippen molar-refractivity contribution in [2.45, 2.75) is 45.4 Å². The monoisotopic (exact) mass is 296 g/mol. The van der Waals surface area contributed by atoms with E-state index in [4.69, 9.17) is 0 Å². The summed E-state index contributed by atoms with van der Waals surface area (Å²) in [5.74, 6) is -0.636. The van der Waals surface area contributed by atoms with Crippen LogP contribution < -0.4 is 0 Å². The van der Waals surface area contributed by atoms with E-state index >= 15 is 0 Å². The van der Waals surface area contributed by atoms with E-state index in [-0.39, 0.29) is 17.7 Å². The first kappa shape index (κ1) is 16.3. The second-order valence-electron chi connectivity index (χ2n) is 6.48. The first-order valence-corrected chi connectivity index (χ1v) is 8.34. The summed E-state index contributed by atoms with van der Waals surface area (Å²) in [7, 11) is 0. The van der Waals surface area contributed by atoms with E-state index in [1.807, 2.05) is 9.80 Å². The third-order valence-corrected chi connectivity index (χ3v) is 4.81. The number of aliphatic carboxylic acids is 1. The van der Waals surface area contributed by atoms with Crippen LogP contribution in [0.2, 0.25) is 0 Å². The normalized spacial score (nSPS) is 27.6. The highest BCUT2D eigenvalue weighted by atomic mass is 16.4. The average molecular weight is 296 g/mol. The van der Waals surface area contributed by atoms with Gasteiger partial charge in [0.2, 0.25) is 5.91 Å². The zero-order valence-electron chi connectivity index (χ0n) is 13.1. The average Bonchev–Trinajstić information content (AvgIpc) is 2.67. The van der Waals surface area contributed by atoms with Gasteiger partial charge in [0.05, 0.1) is 12.5 Å². The number of nitrogens with zero attached hydrogens (tertiary/aromatic N) is 2. The maximum Gasteiger partial charge on any atom is 0.308 e. The van der Waals surface area contributed by atoms with Gasteiger partial charge in [0, 0.05) is 26.2 Å². The van der Waals surface area contributed by atoms with Gasteiger partial charge in [-0.1, -0.05) is 26.2 Å². The molecule has 2 heterocycles. The molecule has 2 fully saturated rings. The first-order chi connectivity index (χ1) is 10.1. The fraction of sp³-hybridized carbons (Fsp3) is 0.875. The van der Waals surface area contributed by atoms with E-state index in [1.54, 1.807) is 0 Å². The molecule has 0 radical (unpaired) electrons. The van der Waals surface area contributed by atoms with Gasteiger partial charge in [0.1, 0.15) is 0 Å². The SMILES string of the molecule is CCC[C@@H]1CN(CC(=O)N2CCCCCC2)C[C@H]1C(=O)O. The molecule has 0 aromatic heterocycles. The lowest BCUT2D eigenvalue weighted by Gasteiger charge is -2.23. The molecule has 0 aliphatic carbocycles. The number of rotatable bonds is 5. The Balaban J connectivity index is 1.87. The number of carbonyl (C=O) groups is 2. The molecular weight excluding hydrogens is 268 g/mol. The van der Waals surface area contributed by atoms with Crippen LogP contribution in [0.25, 0.3) is 0 Å².